The van der Waals surface area contributed by atoms with Crippen LogP contribution in [-0.2, 0) is 38.7 Å². The number of aliphatic hydroxyl groups excluding tert-OH is 3. The van der Waals surface area contributed by atoms with Crippen LogP contribution in [-0.4, -0.2) is 96.0 Å². The number of ether oxygens (including phenoxy) is 4. The van der Waals surface area contributed by atoms with Crippen LogP contribution in [0.4, 0.5) is 0 Å². The van der Waals surface area contributed by atoms with Gasteiger partial charge < -0.3 is 34.3 Å². The molecule has 12 nitrogen and oxygen atoms in total. The number of carbonyl (C=O) groups excluding carboxylic acids is 2. The molecule has 4 N–H and O–H groups in total. The molecule has 1 aliphatic rings. The topological polar surface area (TPSA) is 186 Å². The molecule has 0 aromatic carbocycles. The fourth-order valence-electron chi connectivity index (χ4n) is 7.81. The van der Waals surface area contributed by atoms with Gasteiger partial charge in [0.1, 0.15) is 36.8 Å². The first-order valence-electron chi connectivity index (χ1n) is 26.2. The number of esters is 2. The molecule has 0 saturated carbocycles. The van der Waals surface area contributed by atoms with Crippen LogP contribution in [0.2, 0.25) is 0 Å². The Balaban J connectivity index is 2.39. The van der Waals surface area contributed by atoms with E-state index < -0.39 is 71.2 Å². The standard InChI is InChI=1S/C53H94O12S/c1-3-5-7-9-11-13-15-17-19-20-21-22-23-24-25-26-28-30-32-34-36-38-40-42-49(55)64-46(44-63-53-52(58)51(57)50(56)47(65-53)45-66(59,60)61)43-62-48(54)41-39-37-35-33-31-29-27-18-16-14-12-10-8-6-4-2/h14,16,18,26-28,34,36,46-47,50-53,56-58H,3-13,15,17,19-25,29-33,35,37-45H2,1-2H3,(H,59,60,61)/b16-14+,27-18+,28-26+,36-34+/t46-,47-,50-,51?,52?,53+/m1/s1. The summed E-state index contributed by atoms with van der Waals surface area (Å²) < 4.78 is 54.2. The third-order valence-electron chi connectivity index (χ3n) is 11.9. The van der Waals surface area contributed by atoms with Crippen molar-refractivity contribution < 1.29 is 56.8 Å². The summed E-state index contributed by atoms with van der Waals surface area (Å²) in [7, 11) is -4.61. The van der Waals surface area contributed by atoms with E-state index in [0.717, 1.165) is 57.8 Å². The van der Waals surface area contributed by atoms with Crippen LogP contribution < -0.4 is 0 Å². The fourth-order valence-corrected chi connectivity index (χ4v) is 8.50. The average Bonchev–Trinajstić information content (AvgIpc) is 3.28. The van der Waals surface area contributed by atoms with Crippen LogP contribution in [0.25, 0.3) is 0 Å². The minimum atomic E-state index is -4.61. The Kier molecular flexibility index (Phi) is 39.9. The molecular weight excluding hydrogens is 861 g/mol. The van der Waals surface area contributed by atoms with Crippen molar-refractivity contribution in [1.82, 2.24) is 0 Å². The highest BCUT2D eigenvalue weighted by molar-refractivity contribution is 7.85. The molecule has 0 radical (unpaired) electrons. The maximum absolute atomic E-state index is 12.9. The number of allylic oxidation sites excluding steroid dienone is 8. The van der Waals surface area contributed by atoms with Crippen LogP contribution in [0, 0.1) is 0 Å². The number of aliphatic hydroxyl groups is 3. The molecular formula is C53H94O12S. The molecule has 0 aromatic rings. The van der Waals surface area contributed by atoms with Crippen LogP contribution >= 0.6 is 0 Å². The lowest BCUT2D eigenvalue weighted by Gasteiger charge is -2.40. The van der Waals surface area contributed by atoms with Gasteiger partial charge in [0.05, 0.1) is 6.61 Å². The van der Waals surface area contributed by atoms with Crippen LogP contribution in [0.5, 0.6) is 0 Å². The summed E-state index contributed by atoms with van der Waals surface area (Å²) in [5.41, 5.74) is 0. The Hall–Kier alpha value is -2.39. The molecule has 0 aliphatic carbocycles. The van der Waals surface area contributed by atoms with Crippen LogP contribution in [0.3, 0.4) is 0 Å². The van der Waals surface area contributed by atoms with Gasteiger partial charge in [-0.1, -0.05) is 184 Å². The van der Waals surface area contributed by atoms with Gasteiger partial charge in [-0.05, 0) is 70.6 Å². The molecule has 384 valence electrons. The lowest BCUT2D eigenvalue weighted by atomic mass is 10.00. The monoisotopic (exact) mass is 955 g/mol. The molecule has 13 heteroatoms. The molecule has 1 rings (SSSR count). The van der Waals surface area contributed by atoms with Crippen molar-refractivity contribution in [2.24, 2.45) is 0 Å². The fraction of sp³-hybridized carbons (Fsp3) is 0.811. The zero-order valence-corrected chi connectivity index (χ0v) is 42.1. The van der Waals surface area contributed by atoms with E-state index in [2.05, 4.69) is 56.4 Å². The predicted octanol–water partition coefficient (Wildman–Crippen LogP) is 11.9. The highest BCUT2D eigenvalue weighted by atomic mass is 32.2. The first-order chi connectivity index (χ1) is 32.0. The predicted molar refractivity (Wildman–Crippen MR) is 266 cm³/mol. The van der Waals surface area contributed by atoms with Gasteiger partial charge >= 0.3 is 11.9 Å². The highest BCUT2D eigenvalue weighted by Crippen LogP contribution is 2.24. The van der Waals surface area contributed by atoms with Gasteiger partial charge in [-0.3, -0.25) is 14.1 Å². The van der Waals surface area contributed by atoms with E-state index in [-0.39, 0.29) is 19.4 Å². The number of hydrogen-bond donors (Lipinski definition) is 4. The normalized spacial score (nSPS) is 19.8. The maximum atomic E-state index is 12.9. The summed E-state index contributed by atoms with van der Waals surface area (Å²) in [6.45, 7) is 3.72. The minimum Gasteiger partial charge on any atom is -0.462 e. The number of carbonyl (C=O) groups is 2. The molecule has 66 heavy (non-hydrogen) atoms. The van der Waals surface area contributed by atoms with Gasteiger partial charge in [-0.2, -0.15) is 8.42 Å². The second-order valence-electron chi connectivity index (χ2n) is 18.2. The Morgan fingerprint density at radius 3 is 1.45 bits per heavy atom. The molecule has 2 unspecified atom stereocenters. The van der Waals surface area contributed by atoms with E-state index in [9.17, 15) is 37.9 Å². The Labute approximate surface area is 401 Å². The van der Waals surface area contributed by atoms with Crippen molar-refractivity contribution in [1.29, 1.82) is 0 Å². The first-order valence-corrected chi connectivity index (χ1v) is 27.8. The summed E-state index contributed by atoms with van der Waals surface area (Å²) in [6, 6.07) is 0. The third-order valence-corrected chi connectivity index (χ3v) is 12.6. The number of rotatable bonds is 44. The largest absolute Gasteiger partial charge is 0.462 e. The van der Waals surface area contributed by atoms with E-state index >= 15 is 0 Å². The van der Waals surface area contributed by atoms with E-state index in [1.807, 2.05) is 6.08 Å². The van der Waals surface area contributed by atoms with Gasteiger partial charge in [0.15, 0.2) is 12.4 Å². The summed E-state index contributed by atoms with van der Waals surface area (Å²) in [5, 5.41) is 31.0. The maximum Gasteiger partial charge on any atom is 0.306 e. The summed E-state index contributed by atoms with van der Waals surface area (Å²) in [5.74, 6) is -2.06. The second-order valence-corrected chi connectivity index (χ2v) is 19.7. The third kappa shape index (κ3) is 36.6. The Bertz CT molecular complexity index is 1400. The lowest BCUT2D eigenvalue weighted by Crippen LogP contribution is -2.60. The zero-order valence-electron chi connectivity index (χ0n) is 41.3. The highest BCUT2D eigenvalue weighted by Gasteiger charge is 2.46. The molecule has 1 heterocycles. The van der Waals surface area contributed by atoms with Gasteiger partial charge in [0.25, 0.3) is 10.1 Å². The minimum absolute atomic E-state index is 0.101. The van der Waals surface area contributed by atoms with E-state index in [4.69, 9.17) is 18.9 Å². The number of unbranched alkanes of at least 4 members (excludes halogenated alkanes) is 25. The SMILES string of the molecule is CCCCCC/C=C/C=C/CCCCCCCC(=O)OC[C@H](CO[C@H]1O[C@H](CS(=O)(=O)O)[C@@H](O)C(O)C1O)OC(=O)CCC/C=C/CC/C=C/CCCCCCCCCCCCCCCC. The van der Waals surface area contributed by atoms with Crippen molar-refractivity contribution in [3.8, 4) is 0 Å². The van der Waals surface area contributed by atoms with Gasteiger partial charge in [0, 0.05) is 12.8 Å². The average molecular weight is 955 g/mol. The Morgan fingerprint density at radius 1 is 0.515 bits per heavy atom. The summed E-state index contributed by atoms with van der Waals surface area (Å²) in [4.78, 5) is 25.5. The molecule has 6 atom stereocenters. The quantitative estimate of drug-likeness (QED) is 0.0149. The van der Waals surface area contributed by atoms with E-state index in [0.29, 0.717) is 19.3 Å². The lowest BCUT2D eigenvalue weighted by molar-refractivity contribution is -0.297. The molecule has 0 bridgehead atoms. The van der Waals surface area contributed by atoms with Gasteiger partial charge in [0.2, 0.25) is 0 Å². The number of hydrogen-bond acceptors (Lipinski definition) is 11. The van der Waals surface area contributed by atoms with Crippen LogP contribution in [0.1, 0.15) is 219 Å². The molecule has 0 aromatic heterocycles. The second kappa shape index (κ2) is 42.7. The van der Waals surface area contributed by atoms with Crippen molar-refractivity contribution in [3.63, 3.8) is 0 Å². The summed E-state index contributed by atoms with van der Waals surface area (Å²) >= 11 is 0. The van der Waals surface area contributed by atoms with Crippen molar-refractivity contribution in [3.05, 3.63) is 48.6 Å². The van der Waals surface area contributed by atoms with Gasteiger partial charge in [-0.15, -0.1) is 0 Å². The first kappa shape index (κ1) is 61.6. The Morgan fingerprint density at radius 2 is 0.939 bits per heavy atom. The van der Waals surface area contributed by atoms with Crippen molar-refractivity contribution in [2.45, 2.75) is 256 Å². The molecule has 1 fully saturated rings. The van der Waals surface area contributed by atoms with E-state index in [1.165, 1.54) is 116 Å². The van der Waals surface area contributed by atoms with Crippen LogP contribution in [0.15, 0.2) is 48.6 Å². The smallest absolute Gasteiger partial charge is 0.306 e. The summed E-state index contributed by atoms with van der Waals surface area (Å²) in [6.07, 6.45) is 43.1. The van der Waals surface area contributed by atoms with E-state index in [1.54, 1.807) is 0 Å². The zero-order chi connectivity index (χ0) is 48.4. The van der Waals surface area contributed by atoms with Crippen molar-refractivity contribution >= 4 is 22.1 Å². The molecule has 0 spiro atoms. The molecule has 1 saturated heterocycles. The molecule has 1 aliphatic heterocycles. The van der Waals surface area contributed by atoms with Crippen molar-refractivity contribution in [2.75, 3.05) is 19.0 Å². The van der Waals surface area contributed by atoms with Gasteiger partial charge in [-0.25, -0.2) is 0 Å². The molecule has 0 amide bonds.